The van der Waals surface area contributed by atoms with E-state index in [0.29, 0.717) is 25.1 Å². The van der Waals surface area contributed by atoms with Crippen LogP contribution in [-0.2, 0) is 30.6 Å². The molecule has 2 aliphatic carbocycles. The number of ether oxygens (including phenoxy) is 2. The number of nitrogens with one attached hydrogen (secondary N) is 2. The number of amides is 1. The smallest absolute Gasteiger partial charge is 0.251 e. The molecule has 3 N–H and O–H groups in total. The van der Waals surface area contributed by atoms with Crippen molar-refractivity contribution in [1.29, 1.82) is 0 Å². The van der Waals surface area contributed by atoms with Crippen LogP contribution in [0.15, 0.2) is 97.1 Å². The summed E-state index contributed by atoms with van der Waals surface area (Å²) in [5.41, 5.74) is 7.43. The first-order chi connectivity index (χ1) is 23.5. The molecule has 1 spiro atoms. The van der Waals surface area contributed by atoms with Crippen molar-refractivity contribution in [3.8, 4) is 5.75 Å². The standard InChI is InChI=1S/C42H48N2O4/c1-2-29-15-19-40-35(23-29)37(26-42(48-40)21-9-10-22-42)43-27-38(45)36(24-30-11-5-3-6-12-30)44-41(46)33-17-16-32-18-20-39(34(32)25-33)47-28-31-13-7-4-8-14-31/h3-8,11-17,19,23,25,36-39,43,45H,2,9-10,18,20-22,24,26-28H2,1H3,(H,44,46)/t36-,37-,38+,39+/m0/s1. The van der Waals surface area contributed by atoms with Gasteiger partial charge in [-0.25, -0.2) is 0 Å². The highest BCUT2D eigenvalue weighted by Crippen LogP contribution is 2.47. The molecule has 1 aliphatic heterocycles. The Bertz CT molecular complexity index is 1680. The Morgan fingerprint density at radius 1 is 0.917 bits per heavy atom. The van der Waals surface area contributed by atoms with Crippen molar-refractivity contribution < 1.29 is 19.4 Å². The van der Waals surface area contributed by atoms with Crippen molar-refractivity contribution in [1.82, 2.24) is 10.6 Å². The van der Waals surface area contributed by atoms with Gasteiger partial charge in [-0.2, -0.15) is 0 Å². The van der Waals surface area contributed by atoms with Crippen LogP contribution in [-0.4, -0.2) is 35.3 Å². The molecule has 4 aromatic carbocycles. The number of aliphatic hydroxyl groups excluding tert-OH is 1. The SMILES string of the molecule is CCc1ccc2c(c1)[C@@H](NC[C@@H](O)[C@H](Cc1ccccc1)NC(=O)c1ccc3c(c1)[C@H](OCc1ccccc1)CC3)CC1(CCCC1)O2. The van der Waals surface area contributed by atoms with Gasteiger partial charge in [0.1, 0.15) is 11.4 Å². The summed E-state index contributed by atoms with van der Waals surface area (Å²) < 4.78 is 13.0. The van der Waals surface area contributed by atoms with Crippen molar-refractivity contribution in [2.45, 2.75) is 101 Å². The van der Waals surface area contributed by atoms with E-state index in [1.54, 1.807) is 0 Å². The summed E-state index contributed by atoms with van der Waals surface area (Å²) in [5, 5.41) is 18.7. The first-order valence-electron chi connectivity index (χ1n) is 17.8. The minimum atomic E-state index is -0.800. The highest BCUT2D eigenvalue weighted by molar-refractivity contribution is 5.94. The molecule has 48 heavy (non-hydrogen) atoms. The molecule has 1 fully saturated rings. The maximum Gasteiger partial charge on any atom is 0.251 e. The average molecular weight is 645 g/mol. The molecule has 0 saturated heterocycles. The molecule has 0 aromatic heterocycles. The number of hydrogen-bond donors (Lipinski definition) is 3. The number of hydrogen-bond acceptors (Lipinski definition) is 5. The third-order valence-corrected chi connectivity index (χ3v) is 10.7. The molecule has 0 bridgehead atoms. The second-order valence-corrected chi connectivity index (χ2v) is 14.0. The molecule has 4 atom stereocenters. The van der Waals surface area contributed by atoms with Gasteiger partial charge in [-0.3, -0.25) is 4.79 Å². The molecule has 3 aliphatic rings. The highest BCUT2D eigenvalue weighted by Gasteiger charge is 2.43. The Morgan fingerprint density at radius 2 is 1.67 bits per heavy atom. The lowest BCUT2D eigenvalue weighted by molar-refractivity contribution is 0.0326. The van der Waals surface area contributed by atoms with Crippen LogP contribution in [0.4, 0.5) is 0 Å². The topological polar surface area (TPSA) is 79.8 Å². The second kappa shape index (κ2) is 14.7. The van der Waals surface area contributed by atoms with Gasteiger partial charge >= 0.3 is 0 Å². The minimum Gasteiger partial charge on any atom is -0.487 e. The summed E-state index contributed by atoms with van der Waals surface area (Å²) in [4.78, 5) is 13.8. The fourth-order valence-electron chi connectivity index (χ4n) is 7.91. The summed E-state index contributed by atoms with van der Waals surface area (Å²) in [6, 6.07) is 32.4. The zero-order chi connectivity index (χ0) is 32.9. The van der Waals surface area contributed by atoms with Gasteiger partial charge < -0.3 is 25.2 Å². The fourth-order valence-corrected chi connectivity index (χ4v) is 7.91. The van der Waals surface area contributed by atoms with Gasteiger partial charge in [0.2, 0.25) is 0 Å². The van der Waals surface area contributed by atoms with Crippen molar-refractivity contribution in [2.24, 2.45) is 0 Å². The average Bonchev–Trinajstić information content (AvgIpc) is 3.76. The van der Waals surface area contributed by atoms with Crippen molar-refractivity contribution in [2.75, 3.05) is 6.54 Å². The lowest BCUT2D eigenvalue weighted by Gasteiger charge is -2.41. The zero-order valence-electron chi connectivity index (χ0n) is 28.0. The molecule has 4 aromatic rings. The molecule has 0 radical (unpaired) electrons. The van der Waals surface area contributed by atoms with E-state index in [0.717, 1.165) is 61.0 Å². The van der Waals surface area contributed by atoms with Crippen molar-refractivity contribution in [3.63, 3.8) is 0 Å². The van der Waals surface area contributed by atoms with E-state index in [-0.39, 0.29) is 23.7 Å². The molecular weight excluding hydrogens is 596 g/mol. The number of carbonyl (C=O) groups excluding carboxylic acids is 1. The van der Waals surface area contributed by atoms with Crippen LogP contribution in [0.3, 0.4) is 0 Å². The number of fused-ring (bicyclic) bond motifs is 2. The maximum absolute atomic E-state index is 13.8. The molecule has 250 valence electrons. The van der Waals surface area contributed by atoms with Crippen LogP contribution in [0.1, 0.15) is 101 Å². The molecular formula is C42H48N2O4. The molecule has 1 amide bonds. The lowest BCUT2D eigenvalue weighted by Crippen LogP contribution is -2.50. The van der Waals surface area contributed by atoms with Gasteiger partial charge in [0.25, 0.3) is 5.91 Å². The Balaban J connectivity index is 1.06. The van der Waals surface area contributed by atoms with Crippen LogP contribution in [0.5, 0.6) is 5.75 Å². The summed E-state index contributed by atoms with van der Waals surface area (Å²) in [6.07, 6.45) is 7.88. The summed E-state index contributed by atoms with van der Waals surface area (Å²) in [5.74, 6) is 0.782. The normalized spacial score (nSPS) is 20.5. The molecule has 1 heterocycles. The van der Waals surface area contributed by atoms with Crippen LogP contribution in [0, 0.1) is 0 Å². The van der Waals surface area contributed by atoms with E-state index >= 15 is 0 Å². The minimum absolute atomic E-state index is 0.0402. The highest BCUT2D eigenvalue weighted by atomic mass is 16.5. The molecule has 1 saturated carbocycles. The van der Waals surface area contributed by atoms with E-state index in [4.69, 9.17) is 9.47 Å². The van der Waals surface area contributed by atoms with Gasteiger partial charge in [0.15, 0.2) is 0 Å². The molecule has 0 unspecified atom stereocenters. The van der Waals surface area contributed by atoms with Gasteiger partial charge in [-0.15, -0.1) is 0 Å². The number of rotatable bonds is 12. The molecule has 6 heteroatoms. The molecule has 6 nitrogen and oxygen atoms in total. The number of benzene rings is 4. The van der Waals surface area contributed by atoms with Crippen molar-refractivity contribution >= 4 is 5.91 Å². The molecule has 7 rings (SSSR count). The number of aliphatic hydroxyl groups is 1. The van der Waals surface area contributed by atoms with E-state index in [1.165, 1.54) is 29.5 Å². The maximum atomic E-state index is 13.8. The first-order valence-corrected chi connectivity index (χ1v) is 17.8. The van der Waals surface area contributed by atoms with Gasteiger partial charge in [-0.05, 0) is 97.4 Å². The van der Waals surface area contributed by atoms with E-state index in [2.05, 4.69) is 54.0 Å². The van der Waals surface area contributed by atoms with Gasteiger partial charge in [0.05, 0.1) is 24.9 Å². The van der Waals surface area contributed by atoms with E-state index in [9.17, 15) is 9.90 Å². The van der Waals surface area contributed by atoms with Crippen LogP contribution >= 0.6 is 0 Å². The Morgan fingerprint density at radius 3 is 2.42 bits per heavy atom. The van der Waals surface area contributed by atoms with Crippen LogP contribution in [0.2, 0.25) is 0 Å². The monoisotopic (exact) mass is 644 g/mol. The van der Waals surface area contributed by atoms with E-state index in [1.807, 2.05) is 60.7 Å². The van der Waals surface area contributed by atoms with E-state index < -0.39 is 12.1 Å². The Labute approximate surface area is 284 Å². The first kappa shape index (κ1) is 32.6. The number of carbonyl (C=O) groups is 1. The summed E-state index contributed by atoms with van der Waals surface area (Å²) >= 11 is 0. The number of aryl methyl sites for hydroxylation is 2. The predicted octanol–water partition coefficient (Wildman–Crippen LogP) is 7.58. The largest absolute Gasteiger partial charge is 0.487 e. The zero-order valence-corrected chi connectivity index (χ0v) is 28.0. The third-order valence-electron chi connectivity index (χ3n) is 10.7. The quantitative estimate of drug-likeness (QED) is 0.148. The lowest BCUT2D eigenvalue weighted by atomic mass is 9.85. The van der Waals surface area contributed by atoms with Crippen LogP contribution < -0.4 is 15.4 Å². The Hall–Kier alpha value is -3.97. The fraction of sp³-hybridized carbons (Fsp3) is 0.405. The van der Waals surface area contributed by atoms with Crippen molar-refractivity contribution in [3.05, 3.63) is 136 Å². The predicted molar refractivity (Wildman–Crippen MR) is 189 cm³/mol. The third kappa shape index (κ3) is 7.36. The second-order valence-electron chi connectivity index (χ2n) is 14.0. The van der Waals surface area contributed by atoms with Crippen LogP contribution in [0.25, 0.3) is 0 Å². The van der Waals surface area contributed by atoms with Gasteiger partial charge in [0, 0.05) is 30.1 Å². The summed E-state index contributed by atoms with van der Waals surface area (Å²) in [7, 11) is 0. The Kier molecular flexibility index (Phi) is 9.94. The summed E-state index contributed by atoms with van der Waals surface area (Å²) in [6.45, 7) is 3.07. The van der Waals surface area contributed by atoms with Gasteiger partial charge in [-0.1, -0.05) is 85.8 Å².